The van der Waals surface area contributed by atoms with Gasteiger partial charge in [0.05, 0.1) is 42.6 Å². The van der Waals surface area contributed by atoms with E-state index in [1.165, 1.54) is 19.2 Å². The summed E-state index contributed by atoms with van der Waals surface area (Å²) in [7, 11) is 5.25. The Morgan fingerprint density at radius 3 is 1.47 bits per heavy atom. The summed E-state index contributed by atoms with van der Waals surface area (Å²) in [4.78, 5) is 68.6. The minimum atomic E-state index is -0.728. The molecule has 10 N–H and O–H groups in total. The summed E-state index contributed by atoms with van der Waals surface area (Å²) in [5.41, 5.74) is 17.4. The molecule has 0 spiro atoms. The molecule has 2 fully saturated rings. The van der Waals surface area contributed by atoms with Gasteiger partial charge in [0.25, 0.3) is 29.5 Å². The fraction of sp³-hybridized carbons (Fsp3) is 0.622. The van der Waals surface area contributed by atoms with Crippen LogP contribution in [0.1, 0.15) is 138 Å². The first-order chi connectivity index (χ1) is 29.9. The standard InChI is InChI=1S/C45H70N8O9/c1-53(2)22-21-49-42(55)34-26-35(39(61-24-12-6-10-20-47)28-38(34)60-23-11-5-9-19-46)44(57)51-31-15-17-32(18-16-31)52-45(58)36-25-33(43(56)50-30-13-7-4-8-14-30)37(59-3)27-40(36)62-29-41(48)54/h25-28,30-32H,4-24,29,46-47H2,1-3H3,(H2,48,54)(H,49,55)(H,50,56)(H,51,57)(H,52,58). The van der Waals surface area contributed by atoms with E-state index in [0.29, 0.717) is 76.6 Å². The Balaban J connectivity index is 1.49. The fourth-order valence-electron chi connectivity index (χ4n) is 7.63. The number of benzene rings is 2. The number of nitrogens with two attached hydrogens (primary N) is 3. The Bertz CT molecular complexity index is 1780. The first-order valence-electron chi connectivity index (χ1n) is 22.3. The topological polar surface area (TPSA) is 252 Å². The number of unbranched alkanes of at least 4 members (excludes halogenated alkanes) is 4. The third kappa shape index (κ3) is 16.0. The van der Waals surface area contributed by atoms with Gasteiger partial charge < -0.3 is 62.3 Å². The molecule has 344 valence electrons. The van der Waals surface area contributed by atoms with Crippen LogP contribution in [0.3, 0.4) is 0 Å². The van der Waals surface area contributed by atoms with E-state index in [1.54, 1.807) is 12.1 Å². The highest BCUT2D eigenvalue weighted by Crippen LogP contribution is 2.33. The number of ether oxygens (including phenoxy) is 4. The van der Waals surface area contributed by atoms with Crippen LogP contribution in [-0.2, 0) is 4.79 Å². The molecule has 0 atom stereocenters. The van der Waals surface area contributed by atoms with E-state index in [0.717, 1.165) is 70.6 Å². The normalized spacial score (nSPS) is 16.5. The van der Waals surface area contributed by atoms with Crippen LogP contribution >= 0.6 is 0 Å². The summed E-state index contributed by atoms with van der Waals surface area (Å²) >= 11 is 0. The predicted octanol–water partition coefficient (Wildman–Crippen LogP) is 3.40. The average Bonchev–Trinajstić information content (AvgIpc) is 3.25. The maximum Gasteiger partial charge on any atom is 0.255 e. The molecule has 2 saturated carbocycles. The van der Waals surface area contributed by atoms with Gasteiger partial charge in [-0.1, -0.05) is 19.3 Å². The number of nitrogens with zero attached hydrogens (tertiary/aromatic N) is 1. The van der Waals surface area contributed by atoms with Gasteiger partial charge in [0, 0.05) is 43.3 Å². The van der Waals surface area contributed by atoms with Crippen molar-refractivity contribution in [3.05, 3.63) is 46.5 Å². The van der Waals surface area contributed by atoms with Crippen molar-refractivity contribution in [1.29, 1.82) is 0 Å². The molecule has 2 aliphatic carbocycles. The largest absolute Gasteiger partial charge is 0.496 e. The second-order valence-electron chi connectivity index (χ2n) is 16.4. The summed E-state index contributed by atoms with van der Waals surface area (Å²) in [6, 6.07) is 5.59. The molecular weight excluding hydrogens is 797 g/mol. The maximum absolute atomic E-state index is 14.1. The molecule has 0 aromatic heterocycles. The third-order valence-electron chi connectivity index (χ3n) is 11.1. The lowest BCUT2D eigenvalue weighted by atomic mass is 9.90. The van der Waals surface area contributed by atoms with Crippen molar-refractivity contribution in [2.45, 2.75) is 114 Å². The molecule has 2 aliphatic rings. The van der Waals surface area contributed by atoms with Crippen LogP contribution in [0.5, 0.6) is 23.0 Å². The molecule has 0 bridgehead atoms. The summed E-state index contributed by atoms with van der Waals surface area (Å²) in [6.07, 6.45) is 12.1. The molecule has 2 aromatic rings. The highest BCUT2D eigenvalue weighted by Gasteiger charge is 2.29. The Kier molecular flexibility index (Phi) is 21.1. The van der Waals surface area contributed by atoms with E-state index in [1.807, 2.05) is 19.0 Å². The molecule has 62 heavy (non-hydrogen) atoms. The molecule has 17 nitrogen and oxygen atoms in total. The quantitative estimate of drug-likeness (QED) is 0.0673. The summed E-state index contributed by atoms with van der Waals surface area (Å²) in [5, 5.41) is 12.2. The zero-order valence-electron chi connectivity index (χ0n) is 37.0. The van der Waals surface area contributed by atoms with Gasteiger partial charge in [-0.2, -0.15) is 0 Å². The van der Waals surface area contributed by atoms with E-state index in [-0.39, 0.29) is 69.6 Å². The number of carbonyl (C=O) groups is 5. The van der Waals surface area contributed by atoms with Crippen LogP contribution in [0, 0.1) is 0 Å². The summed E-state index contributed by atoms with van der Waals surface area (Å²) < 4.78 is 23.5. The lowest BCUT2D eigenvalue weighted by Crippen LogP contribution is -2.44. The first-order valence-corrected chi connectivity index (χ1v) is 22.3. The van der Waals surface area contributed by atoms with Gasteiger partial charge in [0.1, 0.15) is 23.0 Å². The van der Waals surface area contributed by atoms with Crippen molar-refractivity contribution in [3.8, 4) is 23.0 Å². The van der Waals surface area contributed by atoms with Crippen molar-refractivity contribution in [1.82, 2.24) is 26.2 Å². The molecule has 4 rings (SSSR count). The molecule has 0 heterocycles. The molecule has 0 saturated heterocycles. The van der Waals surface area contributed by atoms with Crippen LogP contribution in [-0.4, -0.2) is 120 Å². The molecule has 0 unspecified atom stereocenters. The van der Waals surface area contributed by atoms with Gasteiger partial charge >= 0.3 is 0 Å². The summed E-state index contributed by atoms with van der Waals surface area (Å²) in [6.45, 7) is 2.44. The van der Waals surface area contributed by atoms with Crippen LogP contribution in [0.4, 0.5) is 0 Å². The number of rotatable bonds is 26. The highest BCUT2D eigenvalue weighted by molar-refractivity contribution is 6.04. The number of hydrogen-bond acceptors (Lipinski definition) is 12. The maximum atomic E-state index is 14.1. The second kappa shape index (κ2) is 26.4. The van der Waals surface area contributed by atoms with E-state index in [4.69, 9.17) is 36.1 Å². The van der Waals surface area contributed by atoms with Crippen molar-refractivity contribution in [2.24, 2.45) is 17.2 Å². The van der Waals surface area contributed by atoms with Crippen LogP contribution in [0.15, 0.2) is 24.3 Å². The van der Waals surface area contributed by atoms with Gasteiger partial charge in [-0.25, -0.2) is 0 Å². The Labute approximate surface area is 366 Å². The predicted molar refractivity (Wildman–Crippen MR) is 237 cm³/mol. The number of likely N-dealkylation sites (N-methyl/N-ethyl adjacent to an activating group) is 1. The van der Waals surface area contributed by atoms with Crippen molar-refractivity contribution in [3.63, 3.8) is 0 Å². The Morgan fingerprint density at radius 2 is 1.02 bits per heavy atom. The smallest absolute Gasteiger partial charge is 0.255 e. The number of hydrogen-bond donors (Lipinski definition) is 7. The number of methoxy groups -OCH3 is 1. The highest BCUT2D eigenvalue weighted by atomic mass is 16.5. The zero-order valence-corrected chi connectivity index (χ0v) is 37.0. The van der Waals surface area contributed by atoms with E-state index >= 15 is 0 Å². The Morgan fingerprint density at radius 1 is 0.581 bits per heavy atom. The molecular formula is C45H70N8O9. The monoisotopic (exact) mass is 867 g/mol. The minimum absolute atomic E-state index is 0.0277. The van der Waals surface area contributed by atoms with Crippen LogP contribution < -0.4 is 57.4 Å². The minimum Gasteiger partial charge on any atom is -0.496 e. The van der Waals surface area contributed by atoms with E-state index < -0.39 is 18.4 Å². The van der Waals surface area contributed by atoms with Crippen molar-refractivity contribution < 1.29 is 42.9 Å². The molecule has 2 aromatic carbocycles. The first kappa shape index (κ1) is 49.5. The van der Waals surface area contributed by atoms with Crippen molar-refractivity contribution >= 4 is 29.5 Å². The van der Waals surface area contributed by atoms with Gasteiger partial charge in [0.2, 0.25) is 0 Å². The average molecular weight is 867 g/mol. The molecule has 0 radical (unpaired) electrons. The van der Waals surface area contributed by atoms with Crippen molar-refractivity contribution in [2.75, 3.05) is 67.2 Å². The van der Waals surface area contributed by atoms with E-state index in [2.05, 4.69) is 21.3 Å². The van der Waals surface area contributed by atoms with Gasteiger partial charge in [-0.3, -0.25) is 24.0 Å². The lowest BCUT2D eigenvalue weighted by Gasteiger charge is -2.30. The summed E-state index contributed by atoms with van der Waals surface area (Å²) in [5.74, 6) is -1.42. The lowest BCUT2D eigenvalue weighted by molar-refractivity contribution is -0.120. The second-order valence-corrected chi connectivity index (χ2v) is 16.4. The number of carbonyl (C=O) groups excluding carboxylic acids is 5. The van der Waals surface area contributed by atoms with Gasteiger partial charge in [-0.15, -0.1) is 0 Å². The van der Waals surface area contributed by atoms with Gasteiger partial charge in [0.15, 0.2) is 6.61 Å². The third-order valence-corrected chi connectivity index (χ3v) is 11.1. The van der Waals surface area contributed by atoms with E-state index in [9.17, 15) is 24.0 Å². The zero-order chi connectivity index (χ0) is 44.9. The van der Waals surface area contributed by atoms with Gasteiger partial charge in [-0.05, 0) is 116 Å². The number of amides is 5. The Hall–Kier alpha value is -5.13. The molecule has 5 amide bonds. The van der Waals surface area contributed by atoms with Crippen LogP contribution in [0.25, 0.3) is 0 Å². The fourth-order valence-corrected chi connectivity index (χ4v) is 7.63. The SMILES string of the molecule is COc1cc(OCC(N)=O)c(C(=O)NC2CCC(NC(=O)c3cc(C(=O)NCCN(C)C)c(OCCCCCN)cc3OCCCCCN)CC2)cc1C(=O)NC1CCCCC1. The number of primary amides is 1. The molecule has 0 aliphatic heterocycles. The van der Waals surface area contributed by atoms with Crippen LogP contribution in [0.2, 0.25) is 0 Å². The number of nitrogens with one attached hydrogen (secondary N) is 4. The molecule has 17 heteroatoms.